The van der Waals surface area contributed by atoms with Crippen LogP contribution in [0.3, 0.4) is 0 Å². The van der Waals surface area contributed by atoms with Crippen LogP contribution in [0.5, 0.6) is 17.2 Å². The van der Waals surface area contributed by atoms with E-state index in [9.17, 15) is 14.4 Å². The molecule has 0 spiro atoms. The average molecular weight is 564 g/mol. The van der Waals surface area contributed by atoms with Crippen molar-refractivity contribution in [3.8, 4) is 17.2 Å². The Bertz CT molecular complexity index is 1410. The molecule has 4 rings (SSSR count). The van der Waals surface area contributed by atoms with E-state index in [0.29, 0.717) is 46.8 Å². The highest BCUT2D eigenvalue weighted by molar-refractivity contribution is 8.15. The van der Waals surface area contributed by atoms with Crippen molar-refractivity contribution < 1.29 is 33.7 Å². The zero-order valence-electron chi connectivity index (χ0n) is 22.2. The van der Waals surface area contributed by atoms with Crippen LogP contribution in [0.1, 0.15) is 22.3 Å². The van der Waals surface area contributed by atoms with Gasteiger partial charge in [-0.3, -0.25) is 14.5 Å². The van der Waals surface area contributed by atoms with Gasteiger partial charge in [-0.05, 0) is 72.6 Å². The van der Waals surface area contributed by atoms with Crippen LogP contribution in [-0.2, 0) is 16.0 Å². The predicted molar refractivity (Wildman–Crippen MR) is 153 cm³/mol. The zero-order valence-corrected chi connectivity index (χ0v) is 23.1. The van der Waals surface area contributed by atoms with Crippen molar-refractivity contribution in [3.05, 3.63) is 77.9 Å². The van der Waals surface area contributed by atoms with Crippen LogP contribution >= 0.6 is 11.8 Å². The maximum absolute atomic E-state index is 13.5. The molecule has 10 nitrogen and oxygen atoms in total. The fourth-order valence-electron chi connectivity index (χ4n) is 4.05. The fourth-order valence-corrected chi connectivity index (χ4v) is 5.24. The number of carbonyl (C=O) groups is 3. The number of methoxy groups -OCH3 is 3. The lowest BCUT2D eigenvalue weighted by Crippen LogP contribution is -2.35. The molecule has 1 saturated heterocycles. The number of benzene rings is 3. The number of ether oxygens (including phenoxy) is 3. The number of aromatic carboxylic acids is 1. The lowest BCUT2D eigenvalue weighted by atomic mass is 10.1. The zero-order chi connectivity index (χ0) is 28.6. The Balaban J connectivity index is 1.51. The summed E-state index contributed by atoms with van der Waals surface area (Å²) in [6.45, 7) is 0.352. The molecule has 0 saturated carbocycles. The number of nitrogens with one attached hydrogen (secondary N) is 1. The van der Waals surface area contributed by atoms with E-state index < -0.39 is 11.2 Å². The van der Waals surface area contributed by atoms with E-state index in [1.54, 1.807) is 50.5 Å². The number of amides is 2. The SMILES string of the molecule is COc1ccc(N=C2S[C@H](CC(=O)Nc3ccc(C(=O)O)cc3)C(=O)N2CCc2ccc(OC)c(OC)c2)cc1. The van der Waals surface area contributed by atoms with Gasteiger partial charge in [0.15, 0.2) is 16.7 Å². The number of anilines is 1. The van der Waals surface area contributed by atoms with Gasteiger partial charge in [0.05, 0.1) is 32.6 Å². The molecule has 2 amide bonds. The third kappa shape index (κ3) is 6.92. The number of rotatable bonds is 11. The van der Waals surface area contributed by atoms with Gasteiger partial charge in [-0.2, -0.15) is 0 Å². The minimum atomic E-state index is -1.05. The Labute approximate surface area is 236 Å². The molecule has 0 aliphatic carbocycles. The summed E-state index contributed by atoms with van der Waals surface area (Å²) >= 11 is 1.24. The first kappa shape index (κ1) is 28.5. The van der Waals surface area contributed by atoms with Crippen molar-refractivity contribution >= 4 is 46.1 Å². The first-order chi connectivity index (χ1) is 19.3. The molecule has 1 atom stereocenters. The summed E-state index contributed by atoms with van der Waals surface area (Å²) in [5, 5.41) is 11.6. The number of nitrogens with zero attached hydrogens (tertiary/aromatic N) is 2. The molecular weight excluding hydrogens is 534 g/mol. The largest absolute Gasteiger partial charge is 0.497 e. The lowest BCUT2D eigenvalue weighted by Gasteiger charge is -2.17. The van der Waals surface area contributed by atoms with E-state index >= 15 is 0 Å². The lowest BCUT2D eigenvalue weighted by molar-refractivity contribution is -0.128. The number of carbonyl (C=O) groups excluding carboxylic acids is 2. The molecule has 0 unspecified atom stereocenters. The number of carboxylic acids is 1. The first-order valence-electron chi connectivity index (χ1n) is 12.4. The van der Waals surface area contributed by atoms with Crippen molar-refractivity contribution in [2.45, 2.75) is 18.1 Å². The van der Waals surface area contributed by atoms with Crippen molar-refractivity contribution in [3.63, 3.8) is 0 Å². The fraction of sp³-hybridized carbons (Fsp3) is 0.241. The minimum Gasteiger partial charge on any atom is -0.497 e. The summed E-state index contributed by atoms with van der Waals surface area (Å²) in [6, 6.07) is 18.6. The topological polar surface area (TPSA) is 127 Å². The summed E-state index contributed by atoms with van der Waals surface area (Å²) in [5.41, 5.74) is 2.16. The van der Waals surface area contributed by atoms with Crippen molar-refractivity contribution in [1.82, 2.24) is 4.90 Å². The summed E-state index contributed by atoms with van der Waals surface area (Å²) < 4.78 is 15.9. The molecule has 1 fully saturated rings. The molecule has 1 aliphatic heterocycles. The number of hydrogen-bond donors (Lipinski definition) is 2. The van der Waals surface area contributed by atoms with Gasteiger partial charge in [0, 0.05) is 18.7 Å². The van der Waals surface area contributed by atoms with Crippen LogP contribution in [-0.4, -0.2) is 66.1 Å². The second kappa shape index (κ2) is 13.0. The second-order valence-electron chi connectivity index (χ2n) is 8.76. The minimum absolute atomic E-state index is 0.0708. The standard InChI is InChI=1S/C29H29N3O7S/c1-37-22-11-9-21(10-12-22)31-29-32(15-14-18-4-13-23(38-2)24(16-18)39-3)27(34)25(40-29)17-26(33)30-20-7-5-19(6-8-20)28(35)36/h4-13,16,25H,14-15,17H2,1-3H3,(H,30,33)(H,35,36)/t25-/m1/s1. The summed E-state index contributed by atoms with van der Waals surface area (Å²) in [4.78, 5) is 43.6. The molecule has 0 radical (unpaired) electrons. The third-order valence-electron chi connectivity index (χ3n) is 6.18. The quantitative estimate of drug-likeness (QED) is 0.346. The number of aliphatic imine (C=N–C) groups is 1. The van der Waals surface area contributed by atoms with E-state index in [2.05, 4.69) is 5.32 Å². The van der Waals surface area contributed by atoms with E-state index in [1.807, 2.05) is 18.2 Å². The third-order valence-corrected chi connectivity index (χ3v) is 7.35. The van der Waals surface area contributed by atoms with Crippen LogP contribution in [0, 0.1) is 0 Å². The molecule has 1 aliphatic rings. The predicted octanol–water partition coefficient (Wildman–Crippen LogP) is 4.61. The maximum Gasteiger partial charge on any atom is 0.335 e. The normalized spacial score (nSPS) is 15.7. The maximum atomic E-state index is 13.5. The molecule has 1 heterocycles. The van der Waals surface area contributed by atoms with Crippen LogP contribution < -0.4 is 19.5 Å². The summed E-state index contributed by atoms with van der Waals surface area (Å²) in [5.74, 6) is 0.274. The highest BCUT2D eigenvalue weighted by atomic mass is 32.2. The molecular formula is C29H29N3O7S. The highest BCUT2D eigenvalue weighted by Gasteiger charge is 2.39. The molecule has 11 heteroatoms. The van der Waals surface area contributed by atoms with Crippen LogP contribution in [0.25, 0.3) is 0 Å². The molecule has 208 valence electrons. The Hall–Kier alpha value is -4.51. The van der Waals surface area contributed by atoms with E-state index in [1.165, 1.54) is 36.0 Å². The monoisotopic (exact) mass is 563 g/mol. The van der Waals surface area contributed by atoms with Crippen LogP contribution in [0.2, 0.25) is 0 Å². The Morgan fingerprint density at radius 1 is 0.950 bits per heavy atom. The van der Waals surface area contributed by atoms with E-state index in [4.69, 9.17) is 24.3 Å². The van der Waals surface area contributed by atoms with E-state index in [-0.39, 0.29) is 23.8 Å². The van der Waals surface area contributed by atoms with Gasteiger partial charge in [-0.25, -0.2) is 9.79 Å². The number of thioether (sulfide) groups is 1. The molecule has 3 aromatic rings. The number of amidine groups is 1. The van der Waals surface area contributed by atoms with Gasteiger partial charge < -0.3 is 24.6 Å². The Morgan fingerprint density at radius 2 is 1.65 bits per heavy atom. The first-order valence-corrected chi connectivity index (χ1v) is 13.2. The van der Waals surface area contributed by atoms with Gasteiger partial charge in [0.25, 0.3) is 0 Å². The van der Waals surface area contributed by atoms with E-state index in [0.717, 1.165) is 5.56 Å². The van der Waals surface area contributed by atoms with Crippen molar-refractivity contribution in [2.75, 3.05) is 33.2 Å². The van der Waals surface area contributed by atoms with Gasteiger partial charge >= 0.3 is 5.97 Å². The molecule has 3 aromatic carbocycles. The van der Waals surface area contributed by atoms with Gasteiger partial charge in [0.2, 0.25) is 11.8 Å². The Morgan fingerprint density at radius 3 is 2.27 bits per heavy atom. The van der Waals surface area contributed by atoms with Crippen molar-refractivity contribution in [1.29, 1.82) is 0 Å². The molecule has 2 N–H and O–H groups in total. The Kier molecular flexibility index (Phi) is 9.28. The molecule has 40 heavy (non-hydrogen) atoms. The molecule has 0 bridgehead atoms. The van der Waals surface area contributed by atoms with Crippen LogP contribution in [0.15, 0.2) is 71.7 Å². The van der Waals surface area contributed by atoms with Gasteiger partial charge in [0.1, 0.15) is 11.0 Å². The van der Waals surface area contributed by atoms with Crippen LogP contribution in [0.4, 0.5) is 11.4 Å². The second-order valence-corrected chi connectivity index (χ2v) is 9.93. The summed E-state index contributed by atoms with van der Waals surface area (Å²) in [7, 11) is 4.72. The number of hydrogen-bond acceptors (Lipinski definition) is 8. The number of carboxylic acid groups (broad SMARTS) is 1. The molecule has 0 aromatic heterocycles. The van der Waals surface area contributed by atoms with Gasteiger partial charge in [-0.1, -0.05) is 17.8 Å². The van der Waals surface area contributed by atoms with Crippen molar-refractivity contribution in [2.24, 2.45) is 4.99 Å². The average Bonchev–Trinajstić information content (AvgIpc) is 3.25. The smallest absolute Gasteiger partial charge is 0.335 e. The highest BCUT2D eigenvalue weighted by Crippen LogP contribution is 2.33. The van der Waals surface area contributed by atoms with Gasteiger partial charge in [-0.15, -0.1) is 0 Å². The summed E-state index contributed by atoms with van der Waals surface area (Å²) in [6.07, 6.45) is 0.460.